The lowest BCUT2D eigenvalue weighted by Gasteiger charge is -2.27. The summed E-state index contributed by atoms with van der Waals surface area (Å²) in [4.78, 5) is 23.0. The quantitative estimate of drug-likeness (QED) is 0.855. The molecule has 5 nitrogen and oxygen atoms in total. The van der Waals surface area contributed by atoms with Crippen LogP contribution in [0.1, 0.15) is 18.4 Å². The number of amides is 1. The number of carbonyl (C=O) groups is 2. The molecule has 1 unspecified atom stereocenters. The van der Waals surface area contributed by atoms with Crippen molar-refractivity contribution in [1.82, 2.24) is 5.32 Å². The minimum Gasteiger partial charge on any atom is -0.481 e. The zero-order valence-corrected chi connectivity index (χ0v) is 12.5. The number of aliphatic carboxylic acids is 1. The van der Waals surface area contributed by atoms with E-state index in [1.54, 1.807) is 0 Å². The van der Waals surface area contributed by atoms with Crippen molar-refractivity contribution < 1.29 is 19.4 Å². The van der Waals surface area contributed by atoms with Gasteiger partial charge in [-0.1, -0.05) is 28.1 Å². The van der Waals surface area contributed by atoms with Crippen LogP contribution in [0.4, 0.5) is 0 Å². The van der Waals surface area contributed by atoms with Crippen LogP contribution in [0.25, 0.3) is 0 Å². The Labute approximate surface area is 125 Å². The lowest BCUT2D eigenvalue weighted by Crippen LogP contribution is -2.51. The Morgan fingerprint density at radius 3 is 2.60 bits per heavy atom. The Morgan fingerprint density at radius 2 is 2.05 bits per heavy atom. The fraction of sp³-hybridized carbons (Fsp3) is 0.429. The van der Waals surface area contributed by atoms with Crippen molar-refractivity contribution in [2.75, 3.05) is 13.2 Å². The summed E-state index contributed by atoms with van der Waals surface area (Å²) in [6.07, 6.45) is 0.652. The summed E-state index contributed by atoms with van der Waals surface area (Å²) < 4.78 is 6.20. The van der Waals surface area contributed by atoms with Crippen molar-refractivity contribution in [2.24, 2.45) is 0 Å². The molecule has 1 atom stereocenters. The van der Waals surface area contributed by atoms with Gasteiger partial charge in [0.2, 0.25) is 5.91 Å². The molecule has 1 aromatic carbocycles. The minimum absolute atomic E-state index is 0.112. The van der Waals surface area contributed by atoms with Crippen molar-refractivity contribution >= 4 is 27.8 Å². The Bertz CT molecular complexity index is 494. The molecule has 1 aliphatic rings. The highest BCUT2D eigenvalue weighted by Gasteiger charge is 2.38. The molecule has 1 aliphatic heterocycles. The molecule has 1 fully saturated rings. The maximum absolute atomic E-state index is 12.1. The van der Waals surface area contributed by atoms with E-state index in [2.05, 4.69) is 21.2 Å². The number of hydrogen-bond donors (Lipinski definition) is 2. The number of rotatable bonds is 5. The van der Waals surface area contributed by atoms with E-state index in [9.17, 15) is 9.59 Å². The van der Waals surface area contributed by atoms with Crippen LogP contribution in [0.5, 0.6) is 0 Å². The van der Waals surface area contributed by atoms with Crippen molar-refractivity contribution in [2.45, 2.75) is 24.8 Å². The van der Waals surface area contributed by atoms with E-state index in [0.717, 1.165) is 10.0 Å². The Hall–Kier alpha value is -1.40. The van der Waals surface area contributed by atoms with Gasteiger partial charge in [-0.25, -0.2) is 0 Å². The zero-order valence-electron chi connectivity index (χ0n) is 10.9. The molecule has 1 amide bonds. The highest BCUT2D eigenvalue weighted by atomic mass is 79.9. The van der Waals surface area contributed by atoms with Gasteiger partial charge in [-0.2, -0.15) is 0 Å². The third kappa shape index (κ3) is 4.05. The Kier molecular flexibility index (Phi) is 4.77. The van der Waals surface area contributed by atoms with E-state index in [1.807, 2.05) is 24.3 Å². The number of ether oxygens (including phenoxy) is 1. The first-order valence-corrected chi connectivity index (χ1v) is 7.13. The van der Waals surface area contributed by atoms with E-state index in [1.165, 1.54) is 0 Å². The van der Waals surface area contributed by atoms with Crippen LogP contribution in [0.3, 0.4) is 0 Å². The normalized spacial score (nSPS) is 21.6. The number of benzene rings is 1. The van der Waals surface area contributed by atoms with Crippen LogP contribution in [-0.4, -0.2) is 35.7 Å². The molecule has 2 rings (SSSR count). The predicted molar refractivity (Wildman–Crippen MR) is 76.4 cm³/mol. The van der Waals surface area contributed by atoms with E-state index < -0.39 is 11.5 Å². The van der Waals surface area contributed by atoms with Gasteiger partial charge in [-0.15, -0.1) is 0 Å². The second-order valence-electron chi connectivity index (χ2n) is 5.00. The van der Waals surface area contributed by atoms with Crippen LogP contribution < -0.4 is 5.32 Å². The molecular weight excluding hydrogens is 326 g/mol. The average Bonchev–Trinajstić information content (AvgIpc) is 2.79. The number of carbonyl (C=O) groups excluding carboxylic acids is 1. The maximum Gasteiger partial charge on any atom is 0.305 e. The third-order valence-electron chi connectivity index (χ3n) is 3.28. The predicted octanol–water partition coefficient (Wildman–Crippen LogP) is 1.74. The molecule has 0 bridgehead atoms. The average molecular weight is 342 g/mol. The van der Waals surface area contributed by atoms with Crippen LogP contribution in [0.2, 0.25) is 0 Å². The van der Waals surface area contributed by atoms with Gasteiger partial charge in [0, 0.05) is 11.1 Å². The summed E-state index contributed by atoms with van der Waals surface area (Å²) in [5, 5.41) is 11.8. The topological polar surface area (TPSA) is 75.6 Å². The molecule has 0 saturated carbocycles. The van der Waals surface area contributed by atoms with Gasteiger partial charge >= 0.3 is 5.97 Å². The van der Waals surface area contributed by atoms with E-state index in [4.69, 9.17) is 9.84 Å². The molecule has 1 heterocycles. The van der Waals surface area contributed by atoms with Gasteiger partial charge in [0.1, 0.15) is 0 Å². The zero-order chi connectivity index (χ0) is 14.6. The van der Waals surface area contributed by atoms with Gasteiger partial charge < -0.3 is 15.2 Å². The first-order chi connectivity index (χ1) is 9.49. The number of carboxylic acids is 1. The van der Waals surface area contributed by atoms with Crippen LogP contribution in [0.15, 0.2) is 28.7 Å². The number of nitrogens with one attached hydrogen (secondary N) is 1. The van der Waals surface area contributed by atoms with Crippen LogP contribution >= 0.6 is 15.9 Å². The standard InChI is InChI=1S/C14H16BrNO4/c15-11-3-1-10(2-4-11)7-12(17)16-14(8-13(18)19)5-6-20-9-14/h1-4H,5-9H2,(H,16,17)(H,18,19). The molecular formula is C14H16BrNO4. The lowest BCUT2D eigenvalue weighted by atomic mass is 9.94. The fourth-order valence-corrected chi connectivity index (χ4v) is 2.57. The monoisotopic (exact) mass is 341 g/mol. The molecule has 0 aliphatic carbocycles. The summed E-state index contributed by atoms with van der Waals surface area (Å²) in [6.45, 7) is 0.733. The fourth-order valence-electron chi connectivity index (χ4n) is 2.31. The molecule has 0 spiro atoms. The summed E-state index contributed by atoms with van der Waals surface area (Å²) in [6, 6.07) is 7.46. The van der Waals surface area contributed by atoms with Crippen LogP contribution in [0, 0.1) is 0 Å². The van der Waals surface area contributed by atoms with Crippen molar-refractivity contribution in [3.63, 3.8) is 0 Å². The van der Waals surface area contributed by atoms with Crippen molar-refractivity contribution in [1.29, 1.82) is 0 Å². The molecule has 0 radical (unpaired) electrons. The van der Waals surface area contributed by atoms with Gasteiger partial charge in [-0.05, 0) is 24.1 Å². The van der Waals surface area contributed by atoms with Crippen LogP contribution in [-0.2, 0) is 20.7 Å². The van der Waals surface area contributed by atoms with Gasteiger partial charge in [0.05, 0.1) is 25.0 Å². The molecule has 20 heavy (non-hydrogen) atoms. The Morgan fingerprint density at radius 1 is 1.35 bits per heavy atom. The third-order valence-corrected chi connectivity index (χ3v) is 3.80. The van der Waals surface area contributed by atoms with Gasteiger partial charge in [0.15, 0.2) is 0 Å². The molecule has 108 valence electrons. The number of hydrogen-bond acceptors (Lipinski definition) is 3. The SMILES string of the molecule is O=C(O)CC1(NC(=O)Cc2ccc(Br)cc2)CCOC1. The lowest BCUT2D eigenvalue weighted by molar-refractivity contribution is -0.139. The second kappa shape index (κ2) is 6.37. The highest BCUT2D eigenvalue weighted by Crippen LogP contribution is 2.23. The van der Waals surface area contributed by atoms with Gasteiger partial charge in [0.25, 0.3) is 0 Å². The minimum atomic E-state index is -0.931. The summed E-state index contributed by atoms with van der Waals surface area (Å²) in [5.41, 5.74) is 0.119. The largest absolute Gasteiger partial charge is 0.481 e. The van der Waals surface area contributed by atoms with Crippen molar-refractivity contribution in [3.05, 3.63) is 34.3 Å². The molecule has 0 aromatic heterocycles. The van der Waals surface area contributed by atoms with Crippen molar-refractivity contribution in [3.8, 4) is 0 Å². The number of halogens is 1. The second-order valence-corrected chi connectivity index (χ2v) is 5.92. The summed E-state index contributed by atoms with van der Waals surface area (Å²) >= 11 is 3.34. The Balaban J connectivity index is 1.98. The maximum atomic E-state index is 12.1. The molecule has 1 aromatic rings. The first-order valence-electron chi connectivity index (χ1n) is 6.34. The first kappa shape index (κ1) is 15.0. The molecule has 1 saturated heterocycles. The van der Waals surface area contributed by atoms with E-state index in [0.29, 0.717) is 13.0 Å². The molecule has 6 heteroatoms. The highest BCUT2D eigenvalue weighted by molar-refractivity contribution is 9.10. The smallest absolute Gasteiger partial charge is 0.305 e. The molecule has 2 N–H and O–H groups in total. The summed E-state index contributed by atoms with van der Waals surface area (Å²) in [7, 11) is 0. The number of carboxylic acid groups (broad SMARTS) is 1. The summed E-state index contributed by atoms with van der Waals surface area (Å²) in [5.74, 6) is -1.11. The van der Waals surface area contributed by atoms with E-state index >= 15 is 0 Å². The van der Waals surface area contributed by atoms with Gasteiger partial charge in [-0.3, -0.25) is 9.59 Å². The van der Waals surface area contributed by atoms with E-state index in [-0.39, 0.29) is 25.4 Å².